The van der Waals surface area contributed by atoms with Crippen molar-refractivity contribution in [2.45, 2.75) is 90.3 Å². The van der Waals surface area contributed by atoms with E-state index in [1.807, 2.05) is 60.0 Å². The van der Waals surface area contributed by atoms with Crippen molar-refractivity contribution in [3.63, 3.8) is 0 Å². The molecule has 0 aliphatic carbocycles. The lowest BCUT2D eigenvalue weighted by molar-refractivity contribution is -0.146. The van der Waals surface area contributed by atoms with Crippen molar-refractivity contribution in [1.82, 2.24) is 24.5 Å². The summed E-state index contributed by atoms with van der Waals surface area (Å²) in [6.07, 6.45) is 2.47. The molecule has 2 N–H and O–H groups in total. The zero-order chi connectivity index (χ0) is 39.1. The average Bonchev–Trinajstić information content (AvgIpc) is 3.36. The van der Waals surface area contributed by atoms with Crippen molar-refractivity contribution in [3.8, 4) is 5.75 Å². The molecule has 1 unspecified atom stereocenters. The number of carbonyl (C=O) groups is 5. The Hall–Kier alpha value is -4.85. The molecule has 0 bridgehead atoms. The van der Waals surface area contributed by atoms with Crippen molar-refractivity contribution in [1.29, 1.82) is 0 Å². The van der Waals surface area contributed by atoms with Crippen LogP contribution in [0.25, 0.3) is 0 Å². The highest BCUT2D eigenvalue weighted by Gasteiger charge is 2.37. The van der Waals surface area contributed by atoms with E-state index >= 15 is 0 Å². The molecule has 0 spiro atoms. The molecule has 4 aliphatic rings. The van der Waals surface area contributed by atoms with Gasteiger partial charge in [-0.1, -0.05) is 30.3 Å². The van der Waals surface area contributed by atoms with Crippen LogP contribution < -0.4 is 5.32 Å². The highest BCUT2D eigenvalue weighted by Crippen LogP contribution is 2.27. The Kier molecular flexibility index (Phi) is 13.2. The fourth-order valence-electron chi connectivity index (χ4n) is 8.44. The van der Waals surface area contributed by atoms with Crippen molar-refractivity contribution in [3.05, 3.63) is 58.7 Å². The van der Waals surface area contributed by atoms with Gasteiger partial charge < -0.3 is 39.5 Å². The average molecular weight is 761 g/mol. The summed E-state index contributed by atoms with van der Waals surface area (Å²) in [4.78, 5) is 74.9. The first-order valence-electron chi connectivity index (χ1n) is 19.9. The summed E-state index contributed by atoms with van der Waals surface area (Å²) in [7, 11) is 0. The minimum absolute atomic E-state index is 0.0147. The van der Waals surface area contributed by atoms with Gasteiger partial charge in [-0.3, -0.25) is 19.3 Å². The Labute approximate surface area is 323 Å². The monoisotopic (exact) mass is 760 g/mol. The summed E-state index contributed by atoms with van der Waals surface area (Å²) in [6, 6.07) is 11.7. The van der Waals surface area contributed by atoms with Crippen molar-refractivity contribution >= 4 is 35.6 Å². The molecule has 14 heteroatoms. The van der Waals surface area contributed by atoms with Crippen LogP contribution in [0.5, 0.6) is 5.75 Å². The van der Waals surface area contributed by atoms with Crippen LogP contribution in [0.2, 0.25) is 0 Å². The molecule has 5 amide bonds. The number of anilines is 1. The smallest absolute Gasteiger partial charge is 0.410 e. The van der Waals surface area contributed by atoms with Gasteiger partial charge in [0.1, 0.15) is 5.75 Å². The number of hydrogen-bond acceptors (Lipinski definition) is 9. The summed E-state index contributed by atoms with van der Waals surface area (Å²) in [5.41, 5.74) is 4.12. The standard InChI is InChI=1S/C41H56N6O8/c1-4-54-37(49)10-9-36(48)44-16-12-32(13-17-44)43-21-23-45(24-22-43)39(51)35(27-30-25-28(2)38(50)29(3)26-30)55-41(53)46-18-14-33(15-19-46)47-20-11-31-7-5-6-8-34(31)42-40(47)52/h5-8,25-26,32-33,35,50H,4,9-24,27H2,1-3H3,(H,42,52). The van der Waals surface area contributed by atoms with Crippen LogP contribution in [0, 0.1) is 13.8 Å². The van der Waals surface area contributed by atoms with Crippen LogP contribution in [-0.4, -0.2) is 143 Å². The number of phenolic OH excluding ortho intramolecular Hbond substituents is 1. The highest BCUT2D eigenvalue weighted by atomic mass is 16.6. The Bertz CT molecular complexity index is 1690. The number of amides is 5. The number of piperazine rings is 1. The van der Waals surface area contributed by atoms with Crippen molar-refractivity contribution in [2.75, 3.05) is 70.8 Å². The second-order valence-electron chi connectivity index (χ2n) is 15.2. The number of fused-ring (bicyclic) bond motifs is 1. The molecule has 6 rings (SSSR count). The van der Waals surface area contributed by atoms with Gasteiger partial charge in [0.25, 0.3) is 5.91 Å². The van der Waals surface area contributed by atoms with Gasteiger partial charge in [0.05, 0.1) is 13.0 Å². The lowest BCUT2D eigenvalue weighted by atomic mass is 10.00. The fraction of sp³-hybridized carbons (Fsp3) is 0.585. The molecular weight excluding hydrogens is 704 g/mol. The molecule has 0 aromatic heterocycles. The molecule has 0 radical (unpaired) electrons. The zero-order valence-electron chi connectivity index (χ0n) is 32.5. The SMILES string of the molecule is CCOC(=O)CCC(=O)N1CCC(N2CCN(C(=O)C(Cc3cc(C)c(O)c(C)c3)OC(=O)N3CCC(N4CCc5ccccc5NC4=O)CC3)CC2)CC1. The second kappa shape index (κ2) is 18.2. The van der Waals surface area contributed by atoms with Crippen LogP contribution in [0.4, 0.5) is 15.3 Å². The molecule has 1 atom stereocenters. The van der Waals surface area contributed by atoms with E-state index in [9.17, 15) is 29.1 Å². The number of nitrogens with one attached hydrogen (secondary N) is 1. The molecule has 0 saturated carbocycles. The summed E-state index contributed by atoms with van der Waals surface area (Å²) in [5, 5.41) is 13.4. The quantitative estimate of drug-likeness (QED) is 0.342. The summed E-state index contributed by atoms with van der Waals surface area (Å²) in [5.74, 6) is -0.414. The lowest BCUT2D eigenvalue weighted by Crippen LogP contribution is -2.57. The third kappa shape index (κ3) is 9.88. The topological polar surface area (TPSA) is 152 Å². The molecule has 55 heavy (non-hydrogen) atoms. The maximum Gasteiger partial charge on any atom is 0.410 e. The molecule has 3 saturated heterocycles. The summed E-state index contributed by atoms with van der Waals surface area (Å²) < 4.78 is 11.0. The van der Waals surface area contributed by atoms with E-state index in [-0.39, 0.29) is 54.9 Å². The Morgan fingerprint density at radius 2 is 1.45 bits per heavy atom. The molecular formula is C41H56N6O8. The van der Waals surface area contributed by atoms with Gasteiger partial charge in [-0.15, -0.1) is 0 Å². The number of ether oxygens (including phenoxy) is 2. The van der Waals surface area contributed by atoms with Gasteiger partial charge in [0, 0.05) is 89.5 Å². The summed E-state index contributed by atoms with van der Waals surface area (Å²) in [6.45, 7) is 10.7. The van der Waals surface area contributed by atoms with E-state index in [1.165, 1.54) is 0 Å². The molecule has 14 nitrogen and oxygen atoms in total. The first-order valence-corrected chi connectivity index (χ1v) is 19.9. The number of aryl methyl sites for hydroxylation is 2. The van der Waals surface area contributed by atoms with Gasteiger partial charge in [-0.05, 0) is 81.2 Å². The van der Waals surface area contributed by atoms with Crippen molar-refractivity contribution < 1.29 is 38.6 Å². The largest absolute Gasteiger partial charge is 0.507 e. The Morgan fingerprint density at radius 3 is 2.13 bits per heavy atom. The molecule has 298 valence electrons. The first kappa shape index (κ1) is 39.8. The maximum atomic E-state index is 14.2. The van der Waals surface area contributed by atoms with E-state index in [4.69, 9.17) is 9.47 Å². The molecule has 2 aromatic rings. The van der Waals surface area contributed by atoms with Gasteiger partial charge in [0.15, 0.2) is 6.10 Å². The van der Waals surface area contributed by atoms with E-state index in [0.29, 0.717) is 95.5 Å². The number of piperidine rings is 2. The summed E-state index contributed by atoms with van der Waals surface area (Å²) >= 11 is 0. The minimum atomic E-state index is -1.04. The number of likely N-dealkylation sites (tertiary alicyclic amines) is 2. The number of urea groups is 1. The van der Waals surface area contributed by atoms with Crippen LogP contribution in [0.3, 0.4) is 0 Å². The van der Waals surface area contributed by atoms with Crippen LogP contribution in [0.1, 0.15) is 67.7 Å². The minimum Gasteiger partial charge on any atom is -0.507 e. The number of nitrogens with zero attached hydrogens (tertiary/aromatic N) is 5. The van der Waals surface area contributed by atoms with Gasteiger partial charge in [0.2, 0.25) is 5.91 Å². The molecule has 2 aromatic carbocycles. The number of rotatable bonds is 10. The molecule has 4 aliphatic heterocycles. The third-order valence-corrected chi connectivity index (χ3v) is 11.6. The predicted molar refractivity (Wildman–Crippen MR) is 206 cm³/mol. The van der Waals surface area contributed by atoms with E-state index in [0.717, 1.165) is 36.1 Å². The second-order valence-corrected chi connectivity index (χ2v) is 15.2. The number of carbonyl (C=O) groups excluding carboxylic acids is 5. The normalized spacial score (nSPS) is 19.3. The Morgan fingerprint density at radius 1 is 0.818 bits per heavy atom. The zero-order valence-corrected chi connectivity index (χ0v) is 32.5. The number of aromatic hydroxyl groups is 1. The van der Waals surface area contributed by atoms with E-state index < -0.39 is 12.2 Å². The molecule has 4 heterocycles. The predicted octanol–water partition coefficient (Wildman–Crippen LogP) is 4.09. The number of esters is 1. The Balaban J connectivity index is 1.03. The van der Waals surface area contributed by atoms with Crippen LogP contribution in [-0.2, 0) is 36.7 Å². The van der Waals surface area contributed by atoms with E-state index in [2.05, 4.69) is 10.2 Å². The van der Waals surface area contributed by atoms with Crippen LogP contribution >= 0.6 is 0 Å². The lowest BCUT2D eigenvalue weighted by Gasteiger charge is -2.43. The number of hydrogen-bond donors (Lipinski definition) is 2. The number of benzene rings is 2. The van der Waals surface area contributed by atoms with E-state index in [1.54, 1.807) is 16.7 Å². The van der Waals surface area contributed by atoms with Crippen LogP contribution in [0.15, 0.2) is 36.4 Å². The highest BCUT2D eigenvalue weighted by molar-refractivity contribution is 5.91. The molecule has 3 fully saturated rings. The van der Waals surface area contributed by atoms with Gasteiger partial charge in [-0.25, -0.2) is 9.59 Å². The first-order chi connectivity index (χ1) is 26.5. The van der Waals surface area contributed by atoms with Gasteiger partial charge in [-0.2, -0.15) is 0 Å². The third-order valence-electron chi connectivity index (χ3n) is 11.6. The number of para-hydroxylation sites is 1. The van der Waals surface area contributed by atoms with Crippen molar-refractivity contribution in [2.24, 2.45) is 0 Å². The maximum absolute atomic E-state index is 14.2. The fourth-order valence-corrected chi connectivity index (χ4v) is 8.44. The number of phenols is 1. The van der Waals surface area contributed by atoms with Gasteiger partial charge >= 0.3 is 18.1 Å².